The van der Waals surface area contributed by atoms with Crippen LogP contribution in [-0.2, 0) is 12.8 Å². The monoisotopic (exact) mass is 509 g/mol. The van der Waals surface area contributed by atoms with Crippen molar-refractivity contribution in [3.05, 3.63) is 83.7 Å². The molecular formula is C29H37F2N5O. The number of aryl methyl sites for hydroxylation is 1. The van der Waals surface area contributed by atoms with Gasteiger partial charge in [-0.25, -0.2) is 9.97 Å². The molecule has 0 radical (unpaired) electrons. The maximum Gasteiger partial charge on any atom is 0.286 e. The van der Waals surface area contributed by atoms with Gasteiger partial charge in [-0.15, -0.1) is 0 Å². The zero-order valence-electron chi connectivity index (χ0n) is 22.7. The zero-order chi connectivity index (χ0) is 27.6. The molecule has 0 saturated carbocycles. The van der Waals surface area contributed by atoms with Crippen molar-refractivity contribution in [3.8, 4) is 5.75 Å². The lowest BCUT2D eigenvalue weighted by atomic mass is 10.0. The number of aliphatic imine (C=N–C) groups is 1. The lowest BCUT2D eigenvalue weighted by Gasteiger charge is -2.15. The molecule has 2 aromatic carbocycles. The van der Waals surface area contributed by atoms with Crippen LogP contribution in [0.15, 0.2) is 71.9 Å². The van der Waals surface area contributed by atoms with Crippen LogP contribution < -0.4 is 15.4 Å². The number of ether oxygens (including phenoxy) is 1. The highest BCUT2D eigenvalue weighted by atomic mass is 19.3. The number of hydrogen-bond donors (Lipinski definition) is 2. The summed E-state index contributed by atoms with van der Waals surface area (Å²) in [7, 11) is 3.01. The summed E-state index contributed by atoms with van der Waals surface area (Å²) in [5.74, 6) is -1.74. The maximum atomic E-state index is 13.6. The summed E-state index contributed by atoms with van der Waals surface area (Å²) < 4.78 is 32.7. The van der Waals surface area contributed by atoms with Gasteiger partial charge < -0.3 is 15.4 Å². The van der Waals surface area contributed by atoms with E-state index in [4.69, 9.17) is 4.74 Å². The molecule has 2 N–H and O–H groups in total. The second-order valence-electron chi connectivity index (χ2n) is 8.29. The van der Waals surface area contributed by atoms with Crippen LogP contribution in [0.25, 0.3) is 10.9 Å². The lowest BCUT2D eigenvalue weighted by molar-refractivity contribution is 0.101. The number of anilines is 1. The molecule has 6 nitrogen and oxygen atoms in total. The van der Waals surface area contributed by atoms with Gasteiger partial charge in [-0.3, -0.25) is 4.99 Å². The number of benzene rings is 2. The molecule has 0 bridgehead atoms. The molecule has 0 aliphatic heterocycles. The standard InChI is InChI=1S/C27H31F2N5O.C2H6/c1-7-20-14-24-22(15-25(20)35-6)23(31-16-32-24)13-19-9-8-10-21(12-19)34-18(3)33-17(2)11-26(30-5)27(4,28)29;1-2/h8-12,14-16,33-34H,3,7,13H2,1-2,4-6H3;1-2H3/b17-11+,30-26?;. The molecule has 0 atom stereocenters. The molecule has 0 unspecified atom stereocenters. The molecule has 0 fully saturated rings. The second kappa shape index (κ2) is 13.5. The number of alkyl halides is 2. The molecule has 0 amide bonds. The van der Waals surface area contributed by atoms with Crippen molar-refractivity contribution in [1.29, 1.82) is 0 Å². The molecule has 0 aliphatic carbocycles. The third kappa shape index (κ3) is 8.10. The van der Waals surface area contributed by atoms with E-state index in [1.165, 1.54) is 13.1 Å². The first-order chi connectivity index (χ1) is 17.6. The molecule has 0 spiro atoms. The largest absolute Gasteiger partial charge is 0.496 e. The Kier molecular flexibility index (Phi) is 10.7. The van der Waals surface area contributed by atoms with Gasteiger partial charge in [0.2, 0.25) is 0 Å². The van der Waals surface area contributed by atoms with Gasteiger partial charge in [-0.1, -0.05) is 39.5 Å². The minimum absolute atomic E-state index is 0.308. The number of nitrogens with zero attached hydrogens (tertiary/aromatic N) is 3. The van der Waals surface area contributed by atoms with Crippen LogP contribution in [0.2, 0.25) is 0 Å². The van der Waals surface area contributed by atoms with E-state index in [0.717, 1.165) is 52.5 Å². The van der Waals surface area contributed by atoms with Crippen LogP contribution in [-0.4, -0.2) is 35.8 Å². The zero-order valence-corrected chi connectivity index (χ0v) is 22.7. The first-order valence-corrected chi connectivity index (χ1v) is 12.3. The minimum Gasteiger partial charge on any atom is -0.496 e. The third-order valence-corrected chi connectivity index (χ3v) is 5.49. The van der Waals surface area contributed by atoms with E-state index in [9.17, 15) is 8.78 Å². The Balaban J connectivity index is 0.00000235. The second-order valence-corrected chi connectivity index (χ2v) is 8.29. The summed E-state index contributed by atoms with van der Waals surface area (Å²) in [5.41, 5.74) is 4.92. The fraction of sp³-hybridized carbons (Fsp3) is 0.345. The van der Waals surface area contributed by atoms with Gasteiger partial charge in [0.05, 0.1) is 24.1 Å². The van der Waals surface area contributed by atoms with Crippen LogP contribution in [0.3, 0.4) is 0 Å². The Morgan fingerprint density at radius 1 is 1.19 bits per heavy atom. The Hall–Kier alpha value is -3.81. The molecule has 198 valence electrons. The summed E-state index contributed by atoms with van der Waals surface area (Å²) in [6.07, 6.45) is 4.35. The van der Waals surface area contributed by atoms with E-state index in [0.29, 0.717) is 17.9 Å². The third-order valence-electron chi connectivity index (χ3n) is 5.49. The minimum atomic E-state index is -3.02. The first kappa shape index (κ1) is 29.4. The van der Waals surface area contributed by atoms with E-state index in [1.54, 1.807) is 20.4 Å². The summed E-state index contributed by atoms with van der Waals surface area (Å²) in [6.45, 7) is 12.5. The smallest absolute Gasteiger partial charge is 0.286 e. The summed E-state index contributed by atoms with van der Waals surface area (Å²) >= 11 is 0. The fourth-order valence-electron chi connectivity index (χ4n) is 3.81. The van der Waals surface area contributed by atoms with Crippen LogP contribution >= 0.6 is 0 Å². The molecule has 8 heteroatoms. The van der Waals surface area contributed by atoms with Gasteiger partial charge >= 0.3 is 0 Å². The van der Waals surface area contributed by atoms with E-state index in [-0.39, 0.29) is 5.71 Å². The van der Waals surface area contributed by atoms with E-state index in [2.05, 4.69) is 39.1 Å². The Morgan fingerprint density at radius 3 is 2.54 bits per heavy atom. The molecule has 1 aromatic heterocycles. The van der Waals surface area contributed by atoms with Crippen molar-refractivity contribution in [3.63, 3.8) is 0 Å². The topological polar surface area (TPSA) is 71.4 Å². The van der Waals surface area contributed by atoms with Crippen LogP contribution in [0, 0.1) is 0 Å². The highest BCUT2D eigenvalue weighted by Gasteiger charge is 2.27. The molecule has 3 aromatic rings. The van der Waals surface area contributed by atoms with Gasteiger partial charge in [0.25, 0.3) is 5.92 Å². The number of allylic oxidation sites excluding steroid dienone is 2. The number of halogens is 2. The van der Waals surface area contributed by atoms with Crippen molar-refractivity contribution in [2.24, 2.45) is 4.99 Å². The predicted octanol–water partition coefficient (Wildman–Crippen LogP) is 6.92. The lowest BCUT2D eigenvalue weighted by Crippen LogP contribution is -2.25. The fourth-order valence-corrected chi connectivity index (χ4v) is 3.81. The summed E-state index contributed by atoms with van der Waals surface area (Å²) in [6, 6.07) is 11.9. The average Bonchev–Trinajstić information content (AvgIpc) is 2.87. The van der Waals surface area contributed by atoms with Gasteiger partial charge in [-0.05, 0) is 54.8 Å². The van der Waals surface area contributed by atoms with Crippen LogP contribution in [0.4, 0.5) is 14.5 Å². The predicted molar refractivity (Wildman–Crippen MR) is 150 cm³/mol. The Morgan fingerprint density at radius 2 is 1.92 bits per heavy atom. The number of methoxy groups -OCH3 is 1. The van der Waals surface area contributed by atoms with E-state index < -0.39 is 5.92 Å². The highest BCUT2D eigenvalue weighted by Crippen LogP contribution is 2.28. The van der Waals surface area contributed by atoms with Gasteiger partial charge in [0.1, 0.15) is 17.8 Å². The molecule has 3 rings (SSSR count). The number of aromatic nitrogens is 2. The van der Waals surface area contributed by atoms with Crippen molar-refractivity contribution < 1.29 is 13.5 Å². The molecule has 1 heterocycles. The van der Waals surface area contributed by atoms with E-state index in [1.807, 2.05) is 50.2 Å². The van der Waals surface area contributed by atoms with Gasteiger partial charge in [-0.2, -0.15) is 8.78 Å². The van der Waals surface area contributed by atoms with Crippen molar-refractivity contribution in [1.82, 2.24) is 15.3 Å². The number of rotatable bonds is 10. The quantitative estimate of drug-likeness (QED) is 0.290. The van der Waals surface area contributed by atoms with Gasteiger partial charge in [0.15, 0.2) is 0 Å². The Labute approximate surface area is 218 Å². The van der Waals surface area contributed by atoms with Crippen LogP contribution in [0.5, 0.6) is 5.75 Å². The number of nitrogens with one attached hydrogen (secondary N) is 2. The molecule has 0 aliphatic rings. The number of hydrogen-bond acceptors (Lipinski definition) is 6. The van der Waals surface area contributed by atoms with Gasteiger partial charge in [0, 0.05) is 37.2 Å². The van der Waals surface area contributed by atoms with E-state index >= 15 is 0 Å². The Bertz CT molecular complexity index is 1280. The normalized spacial score (nSPS) is 12.0. The van der Waals surface area contributed by atoms with Crippen molar-refractivity contribution in [2.75, 3.05) is 19.5 Å². The summed E-state index contributed by atoms with van der Waals surface area (Å²) in [5, 5.41) is 7.11. The molecule has 37 heavy (non-hydrogen) atoms. The van der Waals surface area contributed by atoms with Crippen molar-refractivity contribution in [2.45, 2.75) is 53.4 Å². The molecule has 0 saturated heterocycles. The maximum absolute atomic E-state index is 13.6. The highest BCUT2D eigenvalue weighted by molar-refractivity contribution is 6.00. The first-order valence-electron chi connectivity index (χ1n) is 12.3. The summed E-state index contributed by atoms with van der Waals surface area (Å²) in [4.78, 5) is 12.6. The van der Waals surface area contributed by atoms with Crippen LogP contribution in [0.1, 0.15) is 51.4 Å². The SMILES string of the molecule is C=C(N/C(C)=C/C(=NC)C(C)(F)F)Nc1cccc(Cc2ncnc3cc(CC)c(OC)cc23)c1.CC. The number of fused-ring (bicyclic) bond motifs is 1. The molecular weight excluding hydrogens is 472 g/mol. The average molecular weight is 510 g/mol. The van der Waals surface area contributed by atoms with Crippen molar-refractivity contribution >= 4 is 22.3 Å².